The van der Waals surface area contributed by atoms with Gasteiger partial charge in [-0.25, -0.2) is 4.68 Å². The summed E-state index contributed by atoms with van der Waals surface area (Å²) in [6.45, 7) is 1.50. The van der Waals surface area contributed by atoms with Gasteiger partial charge in [0, 0.05) is 17.2 Å². The molecule has 2 aromatic carbocycles. The molecule has 1 N–H and O–H groups in total. The fourth-order valence-corrected chi connectivity index (χ4v) is 2.59. The molecule has 3 aromatic rings. The number of nitro benzene ring substituents is 1. The van der Waals surface area contributed by atoms with Crippen LogP contribution in [-0.2, 0) is 4.79 Å². The number of carbonyl (C=O) groups is 1. The highest BCUT2D eigenvalue weighted by atomic mass is 35.5. The highest BCUT2D eigenvalue weighted by Gasteiger charge is 2.13. The van der Waals surface area contributed by atoms with Crippen LogP contribution >= 0.6 is 11.6 Å². The first kappa shape index (κ1) is 18.4. The molecule has 1 amide bonds. The van der Waals surface area contributed by atoms with Gasteiger partial charge in [0.1, 0.15) is 11.6 Å². The van der Waals surface area contributed by atoms with E-state index < -0.39 is 10.8 Å². The van der Waals surface area contributed by atoms with Gasteiger partial charge in [-0.1, -0.05) is 23.7 Å². The van der Waals surface area contributed by atoms with Gasteiger partial charge in [0.25, 0.3) is 11.6 Å². The second-order valence-corrected chi connectivity index (χ2v) is 6.09. The van der Waals surface area contributed by atoms with Gasteiger partial charge in [-0.3, -0.25) is 14.9 Å². The maximum absolute atomic E-state index is 12.2. The first-order chi connectivity index (χ1) is 12.9. The highest BCUT2D eigenvalue weighted by Crippen LogP contribution is 2.21. The number of anilines is 1. The van der Waals surface area contributed by atoms with Crippen molar-refractivity contribution in [1.82, 2.24) is 9.78 Å². The maximum atomic E-state index is 12.2. The van der Waals surface area contributed by atoms with Crippen LogP contribution in [0.25, 0.3) is 5.69 Å². The number of benzene rings is 2. The van der Waals surface area contributed by atoms with Crippen molar-refractivity contribution in [3.05, 3.63) is 75.4 Å². The molecule has 0 aliphatic rings. The standard InChI is InChI=1S/C18H15ClN4O4/c1-12-8-17(22(21-12)14-5-2-4-13(19)9-14)20-18(24)11-27-16-7-3-6-15(10-16)23(25)26/h2-10H,11H2,1H3,(H,20,24). The SMILES string of the molecule is Cc1cc(NC(=O)COc2cccc([N+](=O)[O-])c2)n(-c2cccc(Cl)c2)n1. The topological polar surface area (TPSA) is 99.3 Å². The predicted octanol–water partition coefficient (Wildman–Crippen LogP) is 3.76. The molecule has 0 saturated heterocycles. The molecule has 1 aromatic heterocycles. The van der Waals surface area contributed by atoms with E-state index in [1.54, 1.807) is 41.9 Å². The molecule has 138 valence electrons. The van der Waals surface area contributed by atoms with Crippen molar-refractivity contribution in [2.24, 2.45) is 0 Å². The zero-order chi connectivity index (χ0) is 19.4. The fraction of sp³-hybridized carbons (Fsp3) is 0.111. The van der Waals surface area contributed by atoms with E-state index in [1.165, 1.54) is 18.2 Å². The minimum absolute atomic E-state index is 0.109. The number of halogens is 1. The number of nitro groups is 1. The Labute approximate surface area is 159 Å². The van der Waals surface area contributed by atoms with Gasteiger partial charge >= 0.3 is 0 Å². The van der Waals surface area contributed by atoms with Gasteiger partial charge in [-0.15, -0.1) is 0 Å². The van der Waals surface area contributed by atoms with Crippen LogP contribution in [0.15, 0.2) is 54.6 Å². The number of rotatable bonds is 6. The summed E-state index contributed by atoms with van der Waals surface area (Å²) in [5, 5.41) is 18.4. The van der Waals surface area contributed by atoms with Crippen molar-refractivity contribution in [3.63, 3.8) is 0 Å². The number of amides is 1. The Balaban J connectivity index is 1.70. The average molecular weight is 387 g/mol. The number of nitrogens with one attached hydrogen (secondary N) is 1. The zero-order valence-electron chi connectivity index (χ0n) is 14.3. The Bertz CT molecular complexity index is 1000. The fourth-order valence-electron chi connectivity index (χ4n) is 2.41. The van der Waals surface area contributed by atoms with E-state index in [-0.39, 0.29) is 18.0 Å². The number of nitrogens with zero attached hydrogens (tertiary/aromatic N) is 3. The van der Waals surface area contributed by atoms with Crippen molar-refractivity contribution in [2.45, 2.75) is 6.92 Å². The van der Waals surface area contributed by atoms with E-state index >= 15 is 0 Å². The largest absolute Gasteiger partial charge is 0.484 e. The van der Waals surface area contributed by atoms with Crippen LogP contribution in [0.2, 0.25) is 5.02 Å². The lowest BCUT2D eigenvalue weighted by Gasteiger charge is -2.10. The number of non-ortho nitro benzene ring substituents is 1. The van der Waals surface area contributed by atoms with Gasteiger partial charge in [-0.05, 0) is 31.2 Å². The summed E-state index contributed by atoms with van der Waals surface area (Å²) in [5.74, 6) is 0.269. The summed E-state index contributed by atoms with van der Waals surface area (Å²) in [6, 6.07) is 14.4. The number of hydrogen-bond acceptors (Lipinski definition) is 5. The van der Waals surface area contributed by atoms with Crippen LogP contribution in [0.1, 0.15) is 5.69 Å². The van der Waals surface area contributed by atoms with E-state index in [4.69, 9.17) is 16.3 Å². The van der Waals surface area contributed by atoms with Crippen molar-refractivity contribution >= 4 is 29.0 Å². The Hall–Kier alpha value is -3.39. The van der Waals surface area contributed by atoms with E-state index in [2.05, 4.69) is 10.4 Å². The molecule has 1 heterocycles. The lowest BCUT2D eigenvalue weighted by atomic mass is 10.3. The smallest absolute Gasteiger partial charge is 0.273 e. The van der Waals surface area contributed by atoms with E-state index in [0.717, 1.165) is 0 Å². The third kappa shape index (κ3) is 4.62. The van der Waals surface area contributed by atoms with Gasteiger partial charge in [0.05, 0.1) is 22.4 Å². The lowest BCUT2D eigenvalue weighted by molar-refractivity contribution is -0.384. The van der Waals surface area contributed by atoms with Crippen molar-refractivity contribution in [1.29, 1.82) is 0 Å². The van der Waals surface area contributed by atoms with E-state index in [1.807, 2.05) is 6.07 Å². The molecule has 0 unspecified atom stereocenters. The Kier molecular flexibility index (Phi) is 5.37. The van der Waals surface area contributed by atoms with Gasteiger partial charge < -0.3 is 10.1 Å². The number of aromatic nitrogens is 2. The number of ether oxygens (including phenoxy) is 1. The molecule has 0 bridgehead atoms. The molecular weight excluding hydrogens is 372 g/mol. The first-order valence-corrected chi connectivity index (χ1v) is 8.30. The summed E-state index contributed by atoms with van der Waals surface area (Å²) in [4.78, 5) is 22.5. The molecule has 9 heteroatoms. The number of aryl methyl sites for hydroxylation is 1. The Morgan fingerprint density at radius 2 is 2.04 bits per heavy atom. The third-order valence-corrected chi connectivity index (χ3v) is 3.79. The van der Waals surface area contributed by atoms with Crippen LogP contribution in [0.5, 0.6) is 5.75 Å². The van der Waals surface area contributed by atoms with Crippen LogP contribution in [-0.4, -0.2) is 27.2 Å². The summed E-state index contributed by atoms with van der Waals surface area (Å²) < 4.78 is 6.90. The lowest BCUT2D eigenvalue weighted by Crippen LogP contribution is -2.21. The summed E-state index contributed by atoms with van der Waals surface area (Å²) >= 11 is 6.02. The van der Waals surface area contributed by atoms with Gasteiger partial charge in [0.2, 0.25) is 0 Å². The van der Waals surface area contributed by atoms with Gasteiger partial charge in [0.15, 0.2) is 6.61 Å². The van der Waals surface area contributed by atoms with Crippen LogP contribution in [0.3, 0.4) is 0 Å². The van der Waals surface area contributed by atoms with Crippen molar-refractivity contribution < 1.29 is 14.5 Å². The van der Waals surface area contributed by atoms with Crippen molar-refractivity contribution in [2.75, 3.05) is 11.9 Å². The van der Waals surface area contributed by atoms with Crippen LogP contribution in [0.4, 0.5) is 11.5 Å². The molecule has 3 rings (SSSR count). The molecule has 0 saturated carbocycles. The molecule has 27 heavy (non-hydrogen) atoms. The molecule has 0 spiro atoms. The minimum Gasteiger partial charge on any atom is -0.484 e. The quantitative estimate of drug-likeness (QED) is 0.513. The Morgan fingerprint density at radius 3 is 2.78 bits per heavy atom. The van der Waals surface area contributed by atoms with E-state index in [9.17, 15) is 14.9 Å². The Morgan fingerprint density at radius 1 is 1.26 bits per heavy atom. The van der Waals surface area contributed by atoms with Crippen molar-refractivity contribution in [3.8, 4) is 11.4 Å². The summed E-state index contributed by atoms with van der Waals surface area (Å²) in [6.07, 6.45) is 0. The molecular formula is C18H15ClN4O4. The normalized spacial score (nSPS) is 10.4. The van der Waals surface area contributed by atoms with E-state index in [0.29, 0.717) is 22.2 Å². The van der Waals surface area contributed by atoms with Crippen LogP contribution < -0.4 is 10.1 Å². The minimum atomic E-state index is -0.529. The average Bonchev–Trinajstić information content (AvgIpc) is 3.00. The number of hydrogen-bond donors (Lipinski definition) is 1. The molecule has 0 atom stereocenters. The summed E-state index contributed by atoms with van der Waals surface area (Å²) in [5.41, 5.74) is 1.30. The summed E-state index contributed by atoms with van der Waals surface area (Å²) in [7, 11) is 0. The zero-order valence-corrected chi connectivity index (χ0v) is 15.0. The monoisotopic (exact) mass is 386 g/mol. The second kappa shape index (κ2) is 7.88. The molecule has 0 aliphatic heterocycles. The molecule has 0 radical (unpaired) electrons. The highest BCUT2D eigenvalue weighted by molar-refractivity contribution is 6.30. The number of carbonyl (C=O) groups excluding carboxylic acids is 1. The van der Waals surface area contributed by atoms with Crippen LogP contribution in [0, 0.1) is 17.0 Å². The molecule has 8 nitrogen and oxygen atoms in total. The second-order valence-electron chi connectivity index (χ2n) is 5.65. The first-order valence-electron chi connectivity index (χ1n) is 7.92. The molecule has 0 aliphatic carbocycles. The van der Waals surface area contributed by atoms with Gasteiger partial charge in [-0.2, -0.15) is 5.10 Å². The maximum Gasteiger partial charge on any atom is 0.273 e. The molecule has 0 fully saturated rings. The predicted molar refractivity (Wildman–Crippen MR) is 101 cm³/mol. The third-order valence-electron chi connectivity index (χ3n) is 3.55.